The minimum Gasteiger partial charge on any atom is -0.468 e. The monoisotopic (exact) mass is 380 g/mol. The molecule has 0 unspecified atom stereocenters. The lowest BCUT2D eigenvalue weighted by Crippen LogP contribution is -2.24. The average Bonchev–Trinajstić information content (AvgIpc) is 3.14. The van der Waals surface area contributed by atoms with Crippen LogP contribution in [0.1, 0.15) is 5.56 Å². The molecule has 2 aromatic carbocycles. The molecule has 2 heterocycles. The zero-order valence-corrected chi connectivity index (χ0v) is 15.3. The molecule has 0 bridgehead atoms. The van der Waals surface area contributed by atoms with Crippen LogP contribution in [0.5, 0.6) is 0 Å². The van der Waals surface area contributed by atoms with Gasteiger partial charge >= 0.3 is 5.97 Å². The van der Waals surface area contributed by atoms with E-state index in [9.17, 15) is 9.59 Å². The van der Waals surface area contributed by atoms with Crippen LogP contribution in [0.15, 0.2) is 64.5 Å². The maximum absolute atomic E-state index is 13.1. The Morgan fingerprint density at radius 1 is 1.07 bits per heavy atom. The van der Waals surface area contributed by atoms with Crippen LogP contribution in [0.4, 0.5) is 0 Å². The third-order valence-corrected chi connectivity index (χ3v) is 5.11. The quantitative estimate of drug-likeness (QED) is 0.391. The molecule has 0 aliphatic heterocycles. The molecule has 4 aromatic rings. The Morgan fingerprint density at radius 2 is 1.81 bits per heavy atom. The van der Waals surface area contributed by atoms with Gasteiger partial charge in [0.25, 0.3) is 5.56 Å². The van der Waals surface area contributed by atoms with Gasteiger partial charge in [-0.3, -0.25) is 18.6 Å². The predicted octanol–water partition coefficient (Wildman–Crippen LogP) is 2.36. The van der Waals surface area contributed by atoms with Gasteiger partial charge in [0.05, 0.1) is 30.3 Å². The number of benzene rings is 2. The lowest BCUT2D eigenvalue weighted by Gasteiger charge is -2.11. The Labute approximate surface area is 158 Å². The van der Waals surface area contributed by atoms with Gasteiger partial charge in [0, 0.05) is 0 Å². The Morgan fingerprint density at radius 3 is 2.59 bits per heavy atom. The molecular weight excluding hydrogens is 364 g/mol. The highest BCUT2D eigenvalue weighted by Crippen LogP contribution is 2.22. The lowest BCUT2D eigenvalue weighted by molar-refractivity contribution is -0.137. The number of hydrogen-bond acceptors (Lipinski definition) is 6. The van der Waals surface area contributed by atoms with Gasteiger partial charge < -0.3 is 4.74 Å². The highest BCUT2D eigenvalue weighted by Gasteiger charge is 2.17. The highest BCUT2D eigenvalue weighted by molar-refractivity contribution is 7.99. The van der Waals surface area contributed by atoms with E-state index in [1.165, 1.54) is 18.9 Å². The van der Waals surface area contributed by atoms with E-state index in [0.29, 0.717) is 28.4 Å². The summed E-state index contributed by atoms with van der Waals surface area (Å²) in [7, 11) is 1.34. The number of thioether (sulfide) groups is 1. The molecule has 2 aromatic heterocycles. The van der Waals surface area contributed by atoms with Gasteiger partial charge in [0.15, 0.2) is 5.16 Å². The Bertz CT molecular complexity index is 1180. The van der Waals surface area contributed by atoms with E-state index in [0.717, 1.165) is 5.56 Å². The number of carbonyl (C=O) groups is 1. The van der Waals surface area contributed by atoms with E-state index in [1.54, 1.807) is 10.6 Å². The van der Waals surface area contributed by atoms with Crippen LogP contribution in [0.2, 0.25) is 0 Å². The molecule has 0 saturated heterocycles. The fourth-order valence-electron chi connectivity index (χ4n) is 2.92. The van der Waals surface area contributed by atoms with Crippen LogP contribution in [-0.4, -0.2) is 38.0 Å². The summed E-state index contributed by atoms with van der Waals surface area (Å²) >= 11 is 1.22. The molecule has 0 amide bonds. The van der Waals surface area contributed by atoms with Gasteiger partial charge in [0.1, 0.15) is 0 Å². The molecule has 0 atom stereocenters. The molecule has 0 aliphatic carbocycles. The zero-order chi connectivity index (χ0) is 18.8. The smallest absolute Gasteiger partial charge is 0.316 e. The van der Waals surface area contributed by atoms with Crippen LogP contribution in [-0.2, 0) is 16.1 Å². The second-order valence-corrected chi connectivity index (χ2v) is 6.82. The normalized spacial score (nSPS) is 11.1. The minimum atomic E-state index is -0.348. The number of aromatic nitrogens is 4. The maximum Gasteiger partial charge on any atom is 0.316 e. The molecule has 0 aliphatic rings. The van der Waals surface area contributed by atoms with Crippen molar-refractivity contribution in [2.45, 2.75) is 11.7 Å². The van der Waals surface area contributed by atoms with Gasteiger partial charge in [-0.25, -0.2) is 0 Å². The van der Waals surface area contributed by atoms with E-state index < -0.39 is 0 Å². The van der Waals surface area contributed by atoms with Crippen molar-refractivity contribution in [2.24, 2.45) is 0 Å². The molecule has 0 radical (unpaired) electrons. The van der Waals surface area contributed by atoms with Gasteiger partial charge in [-0.05, 0) is 17.7 Å². The van der Waals surface area contributed by atoms with E-state index in [2.05, 4.69) is 10.2 Å². The van der Waals surface area contributed by atoms with Crippen LogP contribution in [0.3, 0.4) is 0 Å². The van der Waals surface area contributed by atoms with Crippen molar-refractivity contribution in [3.05, 3.63) is 70.5 Å². The number of ether oxygens (including phenoxy) is 1. The number of nitrogens with zero attached hydrogens (tertiary/aromatic N) is 4. The Balaban J connectivity index is 1.92. The van der Waals surface area contributed by atoms with E-state index in [1.807, 2.05) is 52.9 Å². The first-order valence-corrected chi connectivity index (χ1v) is 9.28. The molecule has 0 fully saturated rings. The molecule has 8 heteroatoms. The van der Waals surface area contributed by atoms with Crippen molar-refractivity contribution in [1.29, 1.82) is 0 Å². The molecule has 0 spiro atoms. The van der Waals surface area contributed by atoms with Gasteiger partial charge in [-0.1, -0.05) is 54.2 Å². The minimum absolute atomic E-state index is 0.115. The molecule has 7 nitrogen and oxygen atoms in total. The van der Waals surface area contributed by atoms with Crippen molar-refractivity contribution < 1.29 is 9.53 Å². The zero-order valence-electron chi connectivity index (χ0n) is 14.5. The highest BCUT2D eigenvalue weighted by atomic mass is 32.2. The third kappa shape index (κ3) is 3.19. The van der Waals surface area contributed by atoms with Gasteiger partial charge in [-0.2, -0.15) is 0 Å². The Hall–Kier alpha value is -3.13. The predicted molar refractivity (Wildman–Crippen MR) is 103 cm³/mol. The fourth-order valence-corrected chi connectivity index (χ4v) is 3.69. The first-order valence-electron chi connectivity index (χ1n) is 8.29. The summed E-state index contributed by atoms with van der Waals surface area (Å²) in [5.74, 6) is 0.206. The number of para-hydroxylation sites is 1. The van der Waals surface area contributed by atoms with Crippen molar-refractivity contribution in [3.63, 3.8) is 0 Å². The van der Waals surface area contributed by atoms with Crippen molar-refractivity contribution in [1.82, 2.24) is 19.2 Å². The summed E-state index contributed by atoms with van der Waals surface area (Å²) in [6.45, 7) is 0.383. The largest absolute Gasteiger partial charge is 0.468 e. The number of esters is 1. The van der Waals surface area contributed by atoms with Crippen molar-refractivity contribution >= 4 is 34.4 Å². The first-order chi connectivity index (χ1) is 13.2. The van der Waals surface area contributed by atoms with Gasteiger partial charge in [0.2, 0.25) is 5.78 Å². The second kappa shape index (κ2) is 7.24. The SMILES string of the molecule is COC(=O)CSc1nnc2n(Cc3ccccc3)c(=O)c3ccccc3n12. The summed E-state index contributed by atoms with van der Waals surface area (Å²) in [5, 5.41) is 9.54. The molecule has 0 saturated carbocycles. The van der Waals surface area contributed by atoms with Crippen LogP contribution in [0.25, 0.3) is 16.7 Å². The second-order valence-electron chi connectivity index (χ2n) is 5.88. The molecule has 0 N–H and O–H groups in total. The summed E-state index contributed by atoms with van der Waals surface area (Å²) in [6, 6.07) is 17.0. The standard InChI is InChI=1S/C19H16N4O3S/c1-26-16(24)12-27-19-21-20-18-22(11-13-7-3-2-4-8-13)17(25)14-9-5-6-10-15(14)23(18)19/h2-10H,11-12H2,1H3. The first kappa shape index (κ1) is 17.3. The molecule has 27 heavy (non-hydrogen) atoms. The Kier molecular flexibility index (Phi) is 4.64. The number of hydrogen-bond donors (Lipinski definition) is 0. The number of carbonyl (C=O) groups excluding carboxylic acids is 1. The van der Waals surface area contributed by atoms with E-state index >= 15 is 0 Å². The molecular formula is C19H16N4O3S. The topological polar surface area (TPSA) is 78.5 Å². The van der Waals surface area contributed by atoms with Crippen LogP contribution >= 0.6 is 11.8 Å². The summed E-state index contributed by atoms with van der Waals surface area (Å²) in [6.07, 6.45) is 0. The lowest BCUT2D eigenvalue weighted by atomic mass is 10.2. The van der Waals surface area contributed by atoms with E-state index in [4.69, 9.17) is 4.74 Å². The molecule has 4 rings (SSSR count). The van der Waals surface area contributed by atoms with Crippen LogP contribution < -0.4 is 5.56 Å². The number of rotatable bonds is 5. The summed E-state index contributed by atoms with van der Waals surface area (Å²) in [4.78, 5) is 24.6. The summed E-state index contributed by atoms with van der Waals surface area (Å²) < 4.78 is 8.11. The maximum atomic E-state index is 13.1. The van der Waals surface area contributed by atoms with E-state index in [-0.39, 0.29) is 17.3 Å². The van der Waals surface area contributed by atoms with Crippen molar-refractivity contribution in [3.8, 4) is 0 Å². The third-order valence-electron chi connectivity index (χ3n) is 4.21. The molecule has 136 valence electrons. The number of methoxy groups -OCH3 is 1. The van der Waals surface area contributed by atoms with Gasteiger partial charge in [-0.15, -0.1) is 10.2 Å². The van der Waals surface area contributed by atoms with Crippen molar-refractivity contribution in [2.75, 3.05) is 12.9 Å². The van der Waals surface area contributed by atoms with Crippen LogP contribution in [0, 0.1) is 0 Å². The number of fused-ring (bicyclic) bond motifs is 3. The average molecular weight is 380 g/mol. The summed E-state index contributed by atoms with van der Waals surface area (Å²) in [5.41, 5.74) is 1.57. The fraction of sp³-hybridized carbons (Fsp3) is 0.158.